The van der Waals surface area contributed by atoms with Crippen molar-refractivity contribution in [2.75, 3.05) is 7.11 Å². The van der Waals surface area contributed by atoms with Gasteiger partial charge in [0.2, 0.25) is 5.88 Å². The lowest BCUT2D eigenvalue weighted by molar-refractivity contribution is 0.397. The number of hydrogen-bond donors (Lipinski definition) is 0. The van der Waals surface area contributed by atoms with E-state index in [4.69, 9.17) is 21.6 Å². The number of methoxy groups -OCH3 is 1. The fourth-order valence-electron chi connectivity index (χ4n) is 1.94. The van der Waals surface area contributed by atoms with Crippen molar-refractivity contribution in [2.45, 2.75) is 0 Å². The van der Waals surface area contributed by atoms with Crippen LogP contribution in [0.4, 0.5) is 0 Å². The fourth-order valence-corrected chi connectivity index (χ4v) is 2.12. The zero-order valence-corrected chi connectivity index (χ0v) is 12.2. The Balaban J connectivity index is 2.17. The Morgan fingerprint density at radius 2 is 2.14 bits per heavy atom. The van der Waals surface area contributed by atoms with E-state index in [1.807, 2.05) is 6.07 Å². The SMILES string of the molecule is COc1cc(-c2cc(Cl)ccc2-n2cc(C#N)nn2)ncn1. The summed E-state index contributed by atoms with van der Waals surface area (Å²) in [5.41, 5.74) is 2.27. The Hall–Kier alpha value is -2.98. The summed E-state index contributed by atoms with van der Waals surface area (Å²) in [6, 6.07) is 8.90. The zero-order chi connectivity index (χ0) is 15.5. The van der Waals surface area contributed by atoms with Gasteiger partial charge in [-0.25, -0.2) is 14.6 Å². The first kappa shape index (κ1) is 14.0. The van der Waals surface area contributed by atoms with E-state index >= 15 is 0 Å². The molecule has 2 heterocycles. The van der Waals surface area contributed by atoms with Gasteiger partial charge in [-0.1, -0.05) is 16.8 Å². The van der Waals surface area contributed by atoms with Crippen LogP contribution in [0.15, 0.2) is 36.8 Å². The van der Waals surface area contributed by atoms with Gasteiger partial charge in [0.05, 0.1) is 24.7 Å². The number of ether oxygens (including phenoxy) is 1. The van der Waals surface area contributed by atoms with Crippen LogP contribution in [-0.4, -0.2) is 32.1 Å². The fraction of sp³-hybridized carbons (Fsp3) is 0.0714. The lowest BCUT2D eigenvalue weighted by Gasteiger charge is -2.09. The molecule has 0 aliphatic carbocycles. The second kappa shape index (κ2) is 5.79. The normalized spacial score (nSPS) is 10.2. The van der Waals surface area contributed by atoms with Gasteiger partial charge in [-0.05, 0) is 18.2 Å². The first-order valence-corrected chi connectivity index (χ1v) is 6.58. The van der Waals surface area contributed by atoms with Crippen molar-refractivity contribution in [3.63, 3.8) is 0 Å². The molecule has 0 unspecified atom stereocenters. The van der Waals surface area contributed by atoms with Gasteiger partial charge in [0.25, 0.3) is 0 Å². The van der Waals surface area contributed by atoms with Crippen molar-refractivity contribution in [3.8, 4) is 28.9 Å². The molecule has 0 spiro atoms. The summed E-state index contributed by atoms with van der Waals surface area (Å²) in [5, 5.41) is 17.1. The van der Waals surface area contributed by atoms with Crippen molar-refractivity contribution in [2.24, 2.45) is 0 Å². The Morgan fingerprint density at radius 1 is 1.27 bits per heavy atom. The van der Waals surface area contributed by atoms with Crippen LogP contribution in [0, 0.1) is 11.3 Å². The first-order chi connectivity index (χ1) is 10.7. The highest BCUT2D eigenvalue weighted by molar-refractivity contribution is 6.31. The van der Waals surface area contributed by atoms with Crippen LogP contribution in [0.3, 0.4) is 0 Å². The molecule has 3 rings (SSSR count). The third-order valence-corrected chi connectivity index (χ3v) is 3.18. The van der Waals surface area contributed by atoms with Gasteiger partial charge in [-0.15, -0.1) is 5.10 Å². The summed E-state index contributed by atoms with van der Waals surface area (Å²) in [7, 11) is 1.53. The second-order valence-corrected chi connectivity index (χ2v) is 4.70. The van der Waals surface area contributed by atoms with Gasteiger partial charge >= 0.3 is 0 Å². The molecular formula is C14H9ClN6O. The average molecular weight is 313 g/mol. The van der Waals surface area contributed by atoms with E-state index in [1.165, 1.54) is 24.3 Å². The zero-order valence-electron chi connectivity index (χ0n) is 11.4. The van der Waals surface area contributed by atoms with Gasteiger partial charge in [0.15, 0.2) is 5.69 Å². The van der Waals surface area contributed by atoms with E-state index in [2.05, 4.69) is 20.3 Å². The smallest absolute Gasteiger partial charge is 0.216 e. The molecule has 0 saturated carbocycles. The minimum absolute atomic E-state index is 0.223. The summed E-state index contributed by atoms with van der Waals surface area (Å²) in [5.74, 6) is 0.437. The number of benzene rings is 1. The lowest BCUT2D eigenvalue weighted by atomic mass is 10.1. The number of aromatic nitrogens is 5. The topological polar surface area (TPSA) is 89.5 Å². The van der Waals surface area contributed by atoms with Gasteiger partial charge < -0.3 is 4.74 Å². The predicted octanol–water partition coefficient (Wildman–Crippen LogP) is 2.26. The summed E-state index contributed by atoms with van der Waals surface area (Å²) in [6.07, 6.45) is 2.94. The number of nitrogens with zero attached hydrogens (tertiary/aromatic N) is 6. The molecule has 0 radical (unpaired) electrons. The minimum Gasteiger partial charge on any atom is -0.481 e. The summed E-state index contributed by atoms with van der Waals surface area (Å²) in [6.45, 7) is 0. The maximum Gasteiger partial charge on any atom is 0.216 e. The molecule has 0 N–H and O–H groups in total. The van der Waals surface area contributed by atoms with Gasteiger partial charge in [-0.3, -0.25) is 0 Å². The third kappa shape index (κ3) is 2.60. The van der Waals surface area contributed by atoms with Crippen LogP contribution in [0.5, 0.6) is 5.88 Å². The Kier molecular flexibility index (Phi) is 3.68. The number of rotatable bonds is 3. The molecule has 22 heavy (non-hydrogen) atoms. The number of halogens is 1. The maximum absolute atomic E-state index is 8.87. The highest BCUT2D eigenvalue weighted by Gasteiger charge is 2.12. The molecule has 8 heteroatoms. The molecule has 0 atom stereocenters. The standard InChI is InChI=1S/C14H9ClN6O/c1-22-14-5-12(17-8-18-14)11-4-9(15)2-3-13(11)21-7-10(6-16)19-20-21/h2-5,7-8H,1H3. The van der Waals surface area contributed by atoms with Crippen molar-refractivity contribution >= 4 is 11.6 Å². The minimum atomic E-state index is 0.223. The molecule has 2 aromatic heterocycles. The molecule has 7 nitrogen and oxygen atoms in total. The van der Waals surface area contributed by atoms with Gasteiger partial charge in [0, 0.05) is 16.7 Å². The molecule has 0 amide bonds. The molecule has 1 aromatic carbocycles. The van der Waals surface area contributed by atoms with Crippen LogP contribution < -0.4 is 4.74 Å². The molecule has 0 bridgehead atoms. The Morgan fingerprint density at radius 3 is 2.86 bits per heavy atom. The molecular weight excluding hydrogens is 304 g/mol. The third-order valence-electron chi connectivity index (χ3n) is 2.94. The quantitative estimate of drug-likeness (QED) is 0.737. The van der Waals surface area contributed by atoms with Crippen molar-refractivity contribution in [1.82, 2.24) is 25.0 Å². The Bertz CT molecular complexity index is 870. The number of nitriles is 1. The average Bonchev–Trinajstić information content (AvgIpc) is 3.03. The van der Waals surface area contributed by atoms with E-state index in [9.17, 15) is 0 Å². The number of hydrogen-bond acceptors (Lipinski definition) is 6. The van der Waals surface area contributed by atoms with Gasteiger partial charge in [0.1, 0.15) is 12.4 Å². The largest absolute Gasteiger partial charge is 0.481 e. The van der Waals surface area contributed by atoms with E-state index in [0.717, 1.165) is 5.56 Å². The van der Waals surface area contributed by atoms with Crippen molar-refractivity contribution in [1.29, 1.82) is 5.26 Å². The maximum atomic E-state index is 8.87. The monoisotopic (exact) mass is 312 g/mol. The van der Waals surface area contributed by atoms with Crippen LogP contribution >= 0.6 is 11.6 Å². The Labute approximate surface area is 130 Å². The van der Waals surface area contributed by atoms with Gasteiger partial charge in [-0.2, -0.15) is 5.26 Å². The van der Waals surface area contributed by atoms with Crippen LogP contribution in [-0.2, 0) is 0 Å². The highest BCUT2D eigenvalue weighted by atomic mass is 35.5. The summed E-state index contributed by atoms with van der Waals surface area (Å²) in [4.78, 5) is 8.22. The predicted molar refractivity (Wildman–Crippen MR) is 78.7 cm³/mol. The second-order valence-electron chi connectivity index (χ2n) is 4.27. The van der Waals surface area contributed by atoms with E-state index in [-0.39, 0.29) is 5.69 Å². The van der Waals surface area contributed by atoms with Crippen molar-refractivity contribution < 1.29 is 4.74 Å². The summed E-state index contributed by atoms with van der Waals surface area (Å²) >= 11 is 6.09. The lowest BCUT2D eigenvalue weighted by Crippen LogP contribution is -2.00. The molecule has 108 valence electrons. The molecule has 3 aromatic rings. The van der Waals surface area contributed by atoms with E-state index in [1.54, 1.807) is 24.3 Å². The summed E-state index contributed by atoms with van der Waals surface area (Å²) < 4.78 is 6.61. The van der Waals surface area contributed by atoms with Crippen LogP contribution in [0.2, 0.25) is 5.02 Å². The van der Waals surface area contributed by atoms with E-state index < -0.39 is 0 Å². The molecule has 0 aliphatic heterocycles. The molecule has 0 fully saturated rings. The first-order valence-electron chi connectivity index (χ1n) is 6.20. The van der Waals surface area contributed by atoms with Crippen LogP contribution in [0.25, 0.3) is 16.9 Å². The molecule has 0 saturated heterocycles. The highest BCUT2D eigenvalue weighted by Crippen LogP contribution is 2.29. The van der Waals surface area contributed by atoms with E-state index in [0.29, 0.717) is 22.3 Å². The van der Waals surface area contributed by atoms with Crippen molar-refractivity contribution in [3.05, 3.63) is 47.5 Å². The molecule has 0 aliphatic rings. The van der Waals surface area contributed by atoms with Crippen LogP contribution in [0.1, 0.15) is 5.69 Å².